The summed E-state index contributed by atoms with van der Waals surface area (Å²) >= 11 is 0. The third kappa shape index (κ3) is 3.66. The summed E-state index contributed by atoms with van der Waals surface area (Å²) in [4.78, 5) is 12.9. The van der Waals surface area contributed by atoms with Gasteiger partial charge in [0.1, 0.15) is 12.4 Å². The van der Waals surface area contributed by atoms with Crippen LogP contribution in [0.1, 0.15) is 22.8 Å². The van der Waals surface area contributed by atoms with Gasteiger partial charge in [-0.05, 0) is 38.2 Å². The number of ether oxygens (including phenoxy) is 1. The number of carbonyl (C=O) groups is 1. The molecule has 1 aromatic carbocycles. The van der Waals surface area contributed by atoms with Gasteiger partial charge in [-0.3, -0.25) is 4.79 Å². The molecule has 0 bridgehead atoms. The van der Waals surface area contributed by atoms with Crippen LogP contribution in [0.4, 0.5) is 0 Å². The van der Waals surface area contributed by atoms with Crippen LogP contribution in [0.5, 0.6) is 5.75 Å². The Hall–Kier alpha value is -1.35. The molecule has 0 aromatic heterocycles. The Balaban J connectivity index is 2.68. The van der Waals surface area contributed by atoms with E-state index in [1.165, 1.54) is 0 Å². The number of benzene rings is 1. The average molecular weight is 221 g/mol. The second-order valence-corrected chi connectivity index (χ2v) is 4.00. The van der Waals surface area contributed by atoms with Crippen molar-refractivity contribution in [2.45, 2.75) is 13.3 Å². The van der Waals surface area contributed by atoms with E-state index in [0.29, 0.717) is 17.9 Å². The standard InChI is InChI=1S/C13H19NO2/c1-4-11-5-6-13(12(9-11)10-15)16-8-7-14(2)3/h5-6,9-10H,4,7-8H2,1-3H3. The van der Waals surface area contributed by atoms with Crippen molar-refractivity contribution in [2.75, 3.05) is 27.2 Å². The first-order chi connectivity index (χ1) is 7.67. The van der Waals surface area contributed by atoms with Crippen LogP contribution in [-0.2, 0) is 6.42 Å². The summed E-state index contributed by atoms with van der Waals surface area (Å²) in [6.07, 6.45) is 1.78. The van der Waals surface area contributed by atoms with Crippen LogP contribution in [-0.4, -0.2) is 38.4 Å². The number of hydrogen-bond donors (Lipinski definition) is 0. The van der Waals surface area contributed by atoms with Crippen LogP contribution in [0, 0.1) is 0 Å². The van der Waals surface area contributed by atoms with E-state index in [1.807, 2.05) is 37.2 Å². The smallest absolute Gasteiger partial charge is 0.153 e. The molecule has 0 radical (unpaired) electrons. The lowest BCUT2D eigenvalue weighted by atomic mass is 10.1. The molecule has 0 saturated heterocycles. The Morgan fingerprint density at radius 3 is 2.69 bits per heavy atom. The van der Waals surface area contributed by atoms with Gasteiger partial charge < -0.3 is 9.64 Å². The molecule has 0 spiro atoms. The van der Waals surface area contributed by atoms with Gasteiger partial charge >= 0.3 is 0 Å². The van der Waals surface area contributed by atoms with Crippen LogP contribution < -0.4 is 4.74 Å². The Kier molecular flexibility index (Phi) is 4.99. The number of aldehydes is 1. The topological polar surface area (TPSA) is 29.5 Å². The molecule has 88 valence electrons. The molecule has 3 nitrogen and oxygen atoms in total. The van der Waals surface area contributed by atoms with Gasteiger partial charge in [0.2, 0.25) is 0 Å². The summed E-state index contributed by atoms with van der Waals surface area (Å²) in [5.41, 5.74) is 1.79. The monoisotopic (exact) mass is 221 g/mol. The van der Waals surface area contributed by atoms with Gasteiger partial charge in [0.15, 0.2) is 6.29 Å². The van der Waals surface area contributed by atoms with Crippen LogP contribution in [0.25, 0.3) is 0 Å². The van der Waals surface area contributed by atoms with Crippen molar-refractivity contribution in [1.29, 1.82) is 0 Å². The van der Waals surface area contributed by atoms with Crippen LogP contribution in [0.15, 0.2) is 18.2 Å². The second-order valence-electron chi connectivity index (χ2n) is 4.00. The molecule has 0 unspecified atom stereocenters. The third-order valence-electron chi connectivity index (χ3n) is 2.41. The highest BCUT2D eigenvalue weighted by Gasteiger charge is 2.03. The quantitative estimate of drug-likeness (QED) is 0.688. The van der Waals surface area contributed by atoms with E-state index in [4.69, 9.17) is 4.74 Å². The van der Waals surface area contributed by atoms with Gasteiger partial charge in [-0.25, -0.2) is 0 Å². The number of likely N-dealkylation sites (N-methyl/N-ethyl adjacent to an activating group) is 1. The first kappa shape index (κ1) is 12.7. The minimum Gasteiger partial charge on any atom is -0.492 e. The summed E-state index contributed by atoms with van der Waals surface area (Å²) in [6.45, 7) is 3.50. The van der Waals surface area contributed by atoms with Crippen LogP contribution >= 0.6 is 0 Å². The predicted molar refractivity (Wildman–Crippen MR) is 65.3 cm³/mol. The van der Waals surface area contributed by atoms with E-state index >= 15 is 0 Å². The highest BCUT2D eigenvalue weighted by molar-refractivity contribution is 5.79. The maximum Gasteiger partial charge on any atom is 0.153 e. The lowest BCUT2D eigenvalue weighted by Crippen LogP contribution is -2.19. The Labute approximate surface area is 97.0 Å². The largest absolute Gasteiger partial charge is 0.492 e. The SMILES string of the molecule is CCc1ccc(OCCN(C)C)c(C=O)c1. The van der Waals surface area contributed by atoms with Gasteiger partial charge in [0.05, 0.1) is 5.56 Å². The zero-order valence-corrected chi connectivity index (χ0v) is 10.2. The maximum atomic E-state index is 10.9. The van der Waals surface area contributed by atoms with Crippen molar-refractivity contribution in [3.63, 3.8) is 0 Å². The molecule has 0 fully saturated rings. The molecule has 0 amide bonds. The Morgan fingerprint density at radius 1 is 1.38 bits per heavy atom. The fourth-order valence-electron chi connectivity index (χ4n) is 1.38. The lowest BCUT2D eigenvalue weighted by molar-refractivity contribution is 0.111. The van der Waals surface area contributed by atoms with Gasteiger partial charge in [-0.15, -0.1) is 0 Å². The predicted octanol–water partition coefficient (Wildman–Crippen LogP) is 2.00. The molecule has 0 aliphatic rings. The third-order valence-corrected chi connectivity index (χ3v) is 2.41. The van der Waals surface area contributed by atoms with E-state index in [1.54, 1.807) is 0 Å². The fraction of sp³-hybridized carbons (Fsp3) is 0.462. The van der Waals surface area contributed by atoms with E-state index in [0.717, 1.165) is 24.8 Å². The average Bonchev–Trinajstić information content (AvgIpc) is 2.29. The summed E-state index contributed by atoms with van der Waals surface area (Å²) in [5.74, 6) is 0.675. The number of aryl methyl sites for hydroxylation is 1. The highest BCUT2D eigenvalue weighted by atomic mass is 16.5. The number of hydrogen-bond acceptors (Lipinski definition) is 3. The maximum absolute atomic E-state index is 10.9. The van der Waals surface area contributed by atoms with Crippen LogP contribution in [0.2, 0.25) is 0 Å². The fourth-order valence-corrected chi connectivity index (χ4v) is 1.38. The normalized spacial score (nSPS) is 10.5. The molecule has 16 heavy (non-hydrogen) atoms. The zero-order valence-electron chi connectivity index (χ0n) is 10.2. The first-order valence-electron chi connectivity index (χ1n) is 5.53. The van der Waals surface area contributed by atoms with Crippen molar-refractivity contribution in [3.8, 4) is 5.75 Å². The Bertz CT molecular complexity index is 348. The summed E-state index contributed by atoms with van der Waals surface area (Å²) in [6, 6.07) is 5.76. The zero-order chi connectivity index (χ0) is 12.0. The molecule has 1 aromatic rings. The van der Waals surface area contributed by atoms with Gasteiger partial charge in [-0.1, -0.05) is 13.0 Å². The van der Waals surface area contributed by atoms with Gasteiger partial charge in [-0.2, -0.15) is 0 Å². The van der Waals surface area contributed by atoms with E-state index in [2.05, 4.69) is 6.92 Å². The molecule has 0 heterocycles. The molecule has 0 aliphatic heterocycles. The van der Waals surface area contributed by atoms with E-state index in [9.17, 15) is 4.79 Å². The number of carbonyl (C=O) groups excluding carboxylic acids is 1. The minimum atomic E-state index is 0.597. The van der Waals surface area contributed by atoms with Crippen molar-refractivity contribution < 1.29 is 9.53 Å². The molecular weight excluding hydrogens is 202 g/mol. The van der Waals surface area contributed by atoms with Crippen LogP contribution in [0.3, 0.4) is 0 Å². The highest BCUT2D eigenvalue weighted by Crippen LogP contribution is 2.18. The number of rotatable bonds is 6. The molecular formula is C13H19NO2. The van der Waals surface area contributed by atoms with E-state index < -0.39 is 0 Å². The van der Waals surface area contributed by atoms with E-state index in [-0.39, 0.29) is 0 Å². The first-order valence-corrected chi connectivity index (χ1v) is 5.53. The molecule has 0 N–H and O–H groups in total. The van der Waals surface area contributed by atoms with Crippen molar-refractivity contribution in [1.82, 2.24) is 4.90 Å². The van der Waals surface area contributed by atoms with Crippen molar-refractivity contribution >= 4 is 6.29 Å². The summed E-state index contributed by atoms with van der Waals surface area (Å²) in [7, 11) is 3.98. The number of nitrogens with zero attached hydrogens (tertiary/aromatic N) is 1. The van der Waals surface area contributed by atoms with Gasteiger partial charge in [0.25, 0.3) is 0 Å². The molecule has 0 aliphatic carbocycles. The second kappa shape index (κ2) is 6.28. The lowest BCUT2D eigenvalue weighted by Gasteiger charge is -2.12. The van der Waals surface area contributed by atoms with Crippen molar-refractivity contribution in [3.05, 3.63) is 29.3 Å². The Morgan fingerprint density at radius 2 is 2.12 bits per heavy atom. The van der Waals surface area contributed by atoms with Gasteiger partial charge in [0, 0.05) is 6.54 Å². The summed E-state index contributed by atoms with van der Waals surface area (Å²) in [5, 5.41) is 0. The molecule has 3 heteroatoms. The summed E-state index contributed by atoms with van der Waals surface area (Å²) < 4.78 is 5.57. The van der Waals surface area contributed by atoms with Crippen molar-refractivity contribution in [2.24, 2.45) is 0 Å². The molecule has 0 saturated carbocycles. The minimum absolute atomic E-state index is 0.597. The molecule has 1 rings (SSSR count). The molecule has 0 atom stereocenters.